The van der Waals surface area contributed by atoms with Gasteiger partial charge < -0.3 is 0 Å². The van der Waals surface area contributed by atoms with E-state index < -0.39 is 0 Å². The first-order chi connectivity index (χ1) is 21.8. The summed E-state index contributed by atoms with van der Waals surface area (Å²) in [6, 6.07) is 62.2. The Morgan fingerprint density at radius 2 is 0.727 bits per heavy atom. The van der Waals surface area contributed by atoms with Gasteiger partial charge in [0, 0.05) is 0 Å². The number of hydrogen-bond acceptors (Lipinski definition) is 0. The summed E-state index contributed by atoms with van der Waals surface area (Å²) in [4.78, 5) is 0. The van der Waals surface area contributed by atoms with Crippen LogP contribution in [-0.4, -0.2) is 0 Å². The summed E-state index contributed by atoms with van der Waals surface area (Å²) in [6.07, 6.45) is 0. The van der Waals surface area contributed by atoms with Crippen LogP contribution in [0.15, 0.2) is 170 Å². The predicted octanol–water partition coefficient (Wildman–Crippen LogP) is 12.3. The van der Waals surface area contributed by atoms with Gasteiger partial charge in [-0.15, -0.1) is 0 Å². The lowest BCUT2D eigenvalue weighted by Crippen LogP contribution is -1.94. The molecule has 0 spiro atoms. The number of hydrogen-bond donors (Lipinski definition) is 0. The molecule has 0 heterocycles. The average Bonchev–Trinajstić information content (AvgIpc) is 3.44. The quantitative estimate of drug-likeness (QED) is 0.202. The third kappa shape index (κ3) is 3.78. The van der Waals surface area contributed by atoms with Gasteiger partial charge in [-0.1, -0.05) is 164 Å². The second-order valence-corrected chi connectivity index (χ2v) is 11.6. The van der Waals surface area contributed by atoms with Gasteiger partial charge >= 0.3 is 0 Å². The van der Waals surface area contributed by atoms with Gasteiger partial charge in [0.2, 0.25) is 0 Å². The number of benzene rings is 8. The van der Waals surface area contributed by atoms with Gasteiger partial charge in [-0.2, -0.15) is 0 Å². The summed E-state index contributed by atoms with van der Waals surface area (Å²) in [7, 11) is 0. The standard InChI is InChI=1S/C44H28/c1-3-12-30(13-4-1)40-28-39(32-26-24-31(25-27-32)36-21-9-17-29-14-7-8-20-35(29)36)42(34-15-5-2-6-16-34)44-38-23-11-19-33-18-10-22-37(41(33)38)43(40)44/h1-28H. The van der Waals surface area contributed by atoms with Crippen LogP contribution in [0.3, 0.4) is 0 Å². The zero-order valence-electron chi connectivity index (χ0n) is 24.2. The Kier molecular flexibility index (Phi) is 5.61. The van der Waals surface area contributed by atoms with Crippen molar-refractivity contribution in [3.8, 4) is 66.8 Å². The first kappa shape index (κ1) is 24.8. The highest BCUT2D eigenvalue weighted by atomic mass is 14.3. The van der Waals surface area contributed by atoms with Gasteiger partial charge in [-0.25, -0.2) is 0 Å². The second-order valence-electron chi connectivity index (χ2n) is 11.6. The summed E-state index contributed by atoms with van der Waals surface area (Å²) < 4.78 is 0. The van der Waals surface area contributed by atoms with Crippen molar-refractivity contribution in [2.75, 3.05) is 0 Å². The SMILES string of the molecule is c1ccc(-c2cc(-c3ccc(-c4cccc5ccccc45)cc3)c(-c3ccccc3)c3c2-c2cccc4cccc-3c24)cc1. The van der Waals surface area contributed by atoms with Crippen LogP contribution in [0, 0.1) is 0 Å². The Hall–Kier alpha value is -5.72. The first-order valence-electron chi connectivity index (χ1n) is 15.3. The fourth-order valence-electron chi connectivity index (χ4n) is 7.27. The monoisotopic (exact) mass is 556 g/mol. The largest absolute Gasteiger partial charge is 0.0622 e. The van der Waals surface area contributed by atoms with E-state index in [1.54, 1.807) is 0 Å². The number of rotatable bonds is 4. The smallest absolute Gasteiger partial charge is 0.000764 e. The minimum Gasteiger partial charge on any atom is -0.0622 e. The zero-order valence-corrected chi connectivity index (χ0v) is 24.2. The van der Waals surface area contributed by atoms with Crippen LogP contribution >= 0.6 is 0 Å². The molecule has 0 aromatic heterocycles. The van der Waals surface area contributed by atoms with Gasteiger partial charge in [-0.05, 0) is 94.4 Å². The molecule has 44 heavy (non-hydrogen) atoms. The van der Waals surface area contributed by atoms with E-state index in [4.69, 9.17) is 0 Å². The molecule has 9 rings (SSSR count). The Balaban J connectivity index is 1.35. The van der Waals surface area contributed by atoms with E-state index in [0.717, 1.165) is 0 Å². The van der Waals surface area contributed by atoms with Gasteiger partial charge in [0.05, 0.1) is 0 Å². The summed E-state index contributed by atoms with van der Waals surface area (Å²) >= 11 is 0. The molecule has 0 amide bonds. The molecule has 8 aromatic rings. The van der Waals surface area contributed by atoms with E-state index in [9.17, 15) is 0 Å². The van der Waals surface area contributed by atoms with Crippen molar-refractivity contribution in [1.29, 1.82) is 0 Å². The maximum atomic E-state index is 2.44. The highest BCUT2D eigenvalue weighted by molar-refractivity contribution is 6.22. The first-order valence-corrected chi connectivity index (χ1v) is 15.3. The van der Waals surface area contributed by atoms with Crippen LogP contribution in [0.1, 0.15) is 0 Å². The van der Waals surface area contributed by atoms with E-state index in [-0.39, 0.29) is 0 Å². The Morgan fingerprint density at radius 3 is 1.43 bits per heavy atom. The van der Waals surface area contributed by atoms with Crippen molar-refractivity contribution in [2.45, 2.75) is 0 Å². The van der Waals surface area contributed by atoms with Gasteiger partial charge in [0.15, 0.2) is 0 Å². The molecule has 8 aromatic carbocycles. The summed E-state index contributed by atoms with van der Waals surface area (Å²) in [5.41, 5.74) is 15.3. The lowest BCUT2D eigenvalue weighted by atomic mass is 9.82. The molecular weight excluding hydrogens is 528 g/mol. The molecule has 204 valence electrons. The molecule has 0 bridgehead atoms. The number of fused-ring (bicyclic) bond motifs is 4. The minimum absolute atomic E-state index is 1.22. The van der Waals surface area contributed by atoms with Crippen LogP contribution < -0.4 is 0 Å². The van der Waals surface area contributed by atoms with Gasteiger partial charge in [0.1, 0.15) is 0 Å². The summed E-state index contributed by atoms with van der Waals surface area (Å²) in [5, 5.41) is 5.18. The summed E-state index contributed by atoms with van der Waals surface area (Å²) in [5.74, 6) is 0. The van der Waals surface area contributed by atoms with Crippen molar-refractivity contribution in [1.82, 2.24) is 0 Å². The molecule has 1 aliphatic rings. The molecular formula is C44H28. The van der Waals surface area contributed by atoms with E-state index in [1.165, 1.54) is 88.3 Å². The lowest BCUT2D eigenvalue weighted by molar-refractivity contribution is 1.56. The highest BCUT2D eigenvalue weighted by Crippen LogP contribution is 2.57. The summed E-state index contributed by atoms with van der Waals surface area (Å²) in [6.45, 7) is 0. The van der Waals surface area contributed by atoms with Crippen LogP contribution in [0.25, 0.3) is 88.3 Å². The molecule has 0 radical (unpaired) electrons. The van der Waals surface area contributed by atoms with Gasteiger partial charge in [0.25, 0.3) is 0 Å². The molecule has 1 aliphatic carbocycles. The molecule has 0 N–H and O–H groups in total. The predicted molar refractivity (Wildman–Crippen MR) is 188 cm³/mol. The molecule has 0 saturated carbocycles. The Morgan fingerprint density at radius 1 is 0.250 bits per heavy atom. The highest BCUT2D eigenvalue weighted by Gasteiger charge is 2.30. The second kappa shape index (κ2) is 9.93. The molecule has 0 nitrogen and oxygen atoms in total. The van der Waals surface area contributed by atoms with Crippen LogP contribution in [0.2, 0.25) is 0 Å². The Labute approximate surface area is 257 Å². The minimum atomic E-state index is 1.22. The van der Waals surface area contributed by atoms with Crippen molar-refractivity contribution in [3.63, 3.8) is 0 Å². The van der Waals surface area contributed by atoms with Crippen LogP contribution in [-0.2, 0) is 0 Å². The normalized spacial score (nSPS) is 11.6. The van der Waals surface area contributed by atoms with Crippen molar-refractivity contribution < 1.29 is 0 Å². The maximum Gasteiger partial charge on any atom is -0.000764 e. The topological polar surface area (TPSA) is 0 Å². The molecule has 0 saturated heterocycles. The lowest BCUT2D eigenvalue weighted by Gasteiger charge is -2.21. The van der Waals surface area contributed by atoms with Crippen LogP contribution in [0.4, 0.5) is 0 Å². The van der Waals surface area contributed by atoms with E-state index in [2.05, 4.69) is 170 Å². The average molecular weight is 557 g/mol. The van der Waals surface area contributed by atoms with E-state index >= 15 is 0 Å². The molecule has 0 aliphatic heterocycles. The maximum absolute atomic E-state index is 2.44. The van der Waals surface area contributed by atoms with E-state index in [1.807, 2.05) is 0 Å². The fraction of sp³-hybridized carbons (Fsp3) is 0. The third-order valence-corrected chi connectivity index (χ3v) is 9.21. The van der Waals surface area contributed by atoms with Crippen molar-refractivity contribution in [2.24, 2.45) is 0 Å². The molecule has 0 unspecified atom stereocenters. The Bertz CT molecular complexity index is 2330. The third-order valence-electron chi connectivity index (χ3n) is 9.21. The van der Waals surface area contributed by atoms with Crippen molar-refractivity contribution in [3.05, 3.63) is 170 Å². The molecule has 0 fully saturated rings. The van der Waals surface area contributed by atoms with Crippen molar-refractivity contribution >= 4 is 21.5 Å². The molecule has 0 atom stereocenters. The molecule has 0 heteroatoms. The van der Waals surface area contributed by atoms with Crippen LogP contribution in [0.5, 0.6) is 0 Å². The fourth-order valence-corrected chi connectivity index (χ4v) is 7.27. The van der Waals surface area contributed by atoms with E-state index in [0.29, 0.717) is 0 Å². The zero-order chi connectivity index (χ0) is 29.0. The van der Waals surface area contributed by atoms with Gasteiger partial charge in [-0.3, -0.25) is 0 Å².